The van der Waals surface area contributed by atoms with E-state index >= 15 is 0 Å². The van der Waals surface area contributed by atoms with E-state index in [9.17, 15) is 0 Å². The maximum Gasteiger partial charge on any atom is 0.224 e. The summed E-state index contributed by atoms with van der Waals surface area (Å²) in [6.45, 7) is 3.97. The van der Waals surface area contributed by atoms with E-state index in [0.717, 1.165) is 49.8 Å². The Labute approximate surface area is 156 Å². The van der Waals surface area contributed by atoms with Gasteiger partial charge >= 0.3 is 0 Å². The topological polar surface area (TPSA) is 41.1 Å². The average molecular weight is 348 g/mol. The molecular formula is C22H28N4. The third-order valence-corrected chi connectivity index (χ3v) is 5.34. The number of hydrogen-bond donors (Lipinski definition) is 1. The highest BCUT2D eigenvalue weighted by molar-refractivity contribution is 5.66. The second-order valence-corrected chi connectivity index (χ2v) is 7.36. The van der Waals surface area contributed by atoms with E-state index in [-0.39, 0.29) is 0 Å². The molecule has 0 unspecified atom stereocenters. The lowest BCUT2D eigenvalue weighted by Gasteiger charge is -2.30. The minimum Gasteiger partial charge on any atom is -0.354 e. The van der Waals surface area contributed by atoms with Crippen LogP contribution >= 0.6 is 0 Å². The molecule has 1 aliphatic heterocycles. The highest BCUT2D eigenvalue weighted by atomic mass is 15.2. The summed E-state index contributed by atoms with van der Waals surface area (Å²) in [4.78, 5) is 11.8. The van der Waals surface area contributed by atoms with Crippen molar-refractivity contribution in [3.63, 3.8) is 0 Å². The van der Waals surface area contributed by atoms with Gasteiger partial charge in [-0.1, -0.05) is 29.8 Å². The Balaban J connectivity index is 1.49. The minimum atomic E-state index is 0.750. The minimum absolute atomic E-state index is 0.750. The molecule has 1 N–H and O–H groups in total. The Morgan fingerprint density at radius 2 is 2.00 bits per heavy atom. The molecule has 0 spiro atoms. The zero-order valence-corrected chi connectivity index (χ0v) is 15.7. The third-order valence-electron chi connectivity index (χ3n) is 5.34. The van der Waals surface area contributed by atoms with Gasteiger partial charge in [0.05, 0.1) is 0 Å². The average Bonchev–Trinajstić information content (AvgIpc) is 2.68. The van der Waals surface area contributed by atoms with Crippen molar-refractivity contribution in [2.45, 2.75) is 51.9 Å². The molecule has 0 fully saturated rings. The summed E-state index contributed by atoms with van der Waals surface area (Å²) in [5, 5.41) is 3.45. The first-order chi connectivity index (χ1) is 12.8. The number of nitrogens with one attached hydrogen (secondary N) is 1. The van der Waals surface area contributed by atoms with Crippen LogP contribution in [0, 0.1) is 6.92 Å². The van der Waals surface area contributed by atoms with Gasteiger partial charge in [0.25, 0.3) is 0 Å². The molecule has 136 valence electrons. The number of hydrogen-bond acceptors (Lipinski definition) is 4. The van der Waals surface area contributed by atoms with Gasteiger partial charge in [0.1, 0.15) is 5.82 Å². The van der Waals surface area contributed by atoms with E-state index < -0.39 is 0 Å². The highest BCUT2D eigenvalue weighted by Crippen LogP contribution is 2.32. The number of nitrogens with zero attached hydrogens (tertiary/aromatic N) is 3. The molecule has 2 aliphatic rings. The first kappa shape index (κ1) is 17.1. The number of anilines is 3. The number of benzene rings is 1. The van der Waals surface area contributed by atoms with Gasteiger partial charge in [-0.05, 0) is 63.5 Å². The lowest BCUT2D eigenvalue weighted by atomic mass is 9.97. The molecule has 26 heavy (non-hydrogen) atoms. The SMILES string of the molecule is Cc1cc(N2CCCc3ccccc32)nc(NCCC2=CCCCC2)n1. The molecule has 2 aromatic rings. The number of aromatic nitrogens is 2. The zero-order valence-electron chi connectivity index (χ0n) is 15.7. The van der Waals surface area contributed by atoms with Crippen LogP contribution in [0.25, 0.3) is 0 Å². The van der Waals surface area contributed by atoms with Crippen LogP contribution in [0.3, 0.4) is 0 Å². The first-order valence-electron chi connectivity index (χ1n) is 9.92. The van der Waals surface area contributed by atoms with Gasteiger partial charge in [-0.15, -0.1) is 0 Å². The van der Waals surface area contributed by atoms with Gasteiger partial charge < -0.3 is 10.2 Å². The van der Waals surface area contributed by atoms with E-state index in [1.165, 1.54) is 36.9 Å². The van der Waals surface area contributed by atoms with Gasteiger partial charge in [-0.3, -0.25) is 0 Å². The van der Waals surface area contributed by atoms with Crippen molar-refractivity contribution in [3.8, 4) is 0 Å². The summed E-state index contributed by atoms with van der Waals surface area (Å²) in [7, 11) is 0. The molecule has 0 radical (unpaired) electrons. The predicted octanol–water partition coefficient (Wildman–Crippen LogP) is 5.17. The molecule has 1 aliphatic carbocycles. The van der Waals surface area contributed by atoms with Crippen LogP contribution in [0.1, 0.15) is 49.8 Å². The van der Waals surface area contributed by atoms with Crippen LogP contribution in [0.5, 0.6) is 0 Å². The van der Waals surface area contributed by atoms with Crippen LogP contribution in [0.2, 0.25) is 0 Å². The number of allylic oxidation sites excluding steroid dienone is 1. The predicted molar refractivity (Wildman–Crippen MR) is 108 cm³/mol. The van der Waals surface area contributed by atoms with Crippen molar-refractivity contribution in [1.82, 2.24) is 9.97 Å². The summed E-state index contributed by atoms with van der Waals surface area (Å²) in [5.41, 5.74) is 5.29. The van der Waals surface area contributed by atoms with E-state index in [4.69, 9.17) is 4.98 Å². The monoisotopic (exact) mass is 348 g/mol. The maximum atomic E-state index is 4.82. The van der Waals surface area contributed by atoms with Gasteiger partial charge in [0, 0.05) is 30.5 Å². The molecule has 4 nitrogen and oxygen atoms in total. The third kappa shape index (κ3) is 3.90. The molecule has 0 saturated heterocycles. The summed E-state index contributed by atoms with van der Waals surface area (Å²) in [6, 6.07) is 10.8. The molecule has 2 heterocycles. The van der Waals surface area contributed by atoms with Gasteiger partial charge in [-0.25, -0.2) is 4.98 Å². The Morgan fingerprint density at radius 3 is 2.88 bits per heavy atom. The van der Waals surface area contributed by atoms with Gasteiger partial charge in [-0.2, -0.15) is 4.98 Å². The fourth-order valence-electron chi connectivity index (χ4n) is 4.01. The van der Waals surface area contributed by atoms with Crippen LogP contribution < -0.4 is 10.2 Å². The molecule has 0 amide bonds. The summed E-state index contributed by atoms with van der Waals surface area (Å²) in [6.07, 6.45) is 11.0. The van der Waals surface area contributed by atoms with Crippen molar-refractivity contribution in [2.75, 3.05) is 23.3 Å². The van der Waals surface area contributed by atoms with Crippen LogP contribution in [-0.2, 0) is 6.42 Å². The zero-order chi connectivity index (χ0) is 17.8. The standard InChI is InChI=1S/C22H28N4/c1-17-16-21(26-15-7-11-19-10-5-6-12-20(19)26)25-22(24-17)23-14-13-18-8-3-2-4-9-18/h5-6,8,10,12,16H,2-4,7,9,11,13-15H2,1H3,(H,23,24,25). The van der Waals surface area contributed by atoms with Crippen molar-refractivity contribution in [3.05, 3.63) is 53.2 Å². The molecule has 0 atom stereocenters. The molecule has 0 saturated carbocycles. The van der Waals surface area contributed by atoms with Crippen molar-refractivity contribution < 1.29 is 0 Å². The van der Waals surface area contributed by atoms with Crippen LogP contribution in [-0.4, -0.2) is 23.1 Å². The summed E-state index contributed by atoms with van der Waals surface area (Å²) in [5.74, 6) is 1.75. The summed E-state index contributed by atoms with van der Waals surface area (Å²) >= 11 is 0. The Kier molecular flexibility index (Phi) is 5.19. The molecule has 1 aromatic carbocycles. The number of fused-ring (bicyclic) bond motifs is 1. The summed E-state index contributed by atoms with van der Waals surface area (Å²) < 4.78 is 0. The van der Waals surface area contributed by atoms with Gasteiger partial charge in [0.15, 0.2) is 0 Å². The van der Waals surface area contributed by atoms with Crippen molar-refractivity contribution in [2.24, 2.45) is 0 Å². The Morgan fingerprint density at radius 1 is 1.08 bits per heavy atom. The Hall–Kier alpha value is -2.36. The fourth-order valence-corrected chi connectivity index (χ4v) is 4.01. The number of rotatable bonds is 5. The van der Waals surface area contributed by atoms with E-state index in [1.807, 2.05) is 0 Å². The quantitative estimate of drug-likeness (QED) is 0.757. The maximum absolute atomic E-state index is 4.82. The normalized spacial score (nSPS) is 16.8. The van der Waals surface area contributed by atoms with Crippen molar-refractivity contribution in [1.29, 1.82) is 0 Å². The first-order valence-corrected chi connectivity index (χ1v) is 9.92. The van der Waals surface area contributed by atoms with Crippen molar-refractivity contribution >= 4 is 17.5 Å². The lowest BCUT2D eigenvalue weighted by molar-refractivity contribution is 0.679. The smallest absolute Gasteiger partial charge is 0.224 e. The molecular weight excluding hydrogens is 320 g/mol. The van der Waals surface area contributed by atoms with Gasteiger partial charge in [0.2, 0.25) is 5.95 Å². The largest absolute Gasteiger partial charge is 0.354 e. The fraction of sp³-hybridized carbons (Fsp3) is 0.455. The van der Waals surface area contributed by atoms with Crippen LogP contribution in [0.4, 0.5) is 17.5 Å². The van der Waals surface area contributed by atoms with E-state index in [1.54, 1.807) is 5.57 Å². The molecule has 4 rings (SSSR count). The number of aryl methyl sites for hydroxylation is 2. The number of para-hydroxylation sites is 1. The Bertz CT molecular complexity index is 796. The second-order valence-electron chi connectivity index (χ2n) is 7.36. The molecule has 1 aromatic heterocycles. The highest BCUT2D eigenvalue weighted by Gasteiger charge is 2.19. The van der Waals surface area contributed by atoms with E-state index in [2.05, 4.69) is 58.5 Å². The van der Waals surface area contributed by atoms with E-state index in [0.29, 0.717) is 0 Å². The second kappa shape index (κ2) is 7.90. The lowest BCUT2D eigenvalue weighted by Crippen LogP contribution is -2.25. The molecule has 0 bridgehead atoms. The van der Waals surface area contributed by atoms with Crippen LogP contribution in [0.15, 0.2) is 42.0 Å². The molecule has 4 heteroatoms.